The van der Waals surface area contributed by atoms with Crippen molar-refractivity contribution in [2.75, 3.05) is 39.3 Å². The average Bonchev–Trinajstić information content (AvgIpc) is 3.21. The summed E-state index contributed by atoms with van der Waals surface area (Å²) in [5, 5.41) is 31.3. The molecule has 0 saturated heterocycles. The van der Waals surface area contributed by atoms with Gasteiger partial charge in [0.05, 0.1) is 0 Å². The standard InChI is InChI=1S/C48H48N4O3/c53-46-25-10-7-22-43(46)40-19-4-1-16-37(40)34-49-28-13-31-52(32-14-29-50-35-38-17-2-5-20-41(38)44-23-8-11-26-47(44)54)33-15-30-51-36-39-18-3-6-21-42(39)45-24-9-12-27-48(45)55/h1-12,16-27,34-36,53-55H,13-15,28-33H2. The molecule has 6 aromatic carbocycles. The highest BCUT2D eigenvalue weighted by Crippen LogP contribution is 2.32. The van der Waals surface area contributed by atoms with E-state index >= 15 is 0 Å². The summed E-state index contributed by atoms with van der Waals surface area (Å²) in [7, 11) is 0. The van der Waals surface area contributed by atoms with Crippen LogP contribution in [0.3, 0.4) is 0 Å². The fourth-order valence-corrected chi connectivity index (χ4v) is 6.65. The Labute approximate surface area is 324 Å². The molecule has 0 aliphatic heterocycles. The van der Waals surface area contributed by atoms with Gasteiger partial charge in [0.2, 0.25) is 0 Å². The third kappa shape index (κ3) is 10.9. The van der Waals surface area contributed by atoms with Crippen LogP contribution in [0.4, 0.5) is 0 Å². The summed E-state index contributed by atoms with van der Waals surface area (Å²) in [6, 6.07) is 46.2. The first-order valence-electron chi connectivity index (χ1n) is 18.9. The van der Waals surface area contributed by atoms with Crippen LogP contribution in [0, 0.1) is 0 Å². The van der Waals surface area contributed by atoms with E-state index in [1.807, 2.05) is 146 Å². The van der Waals surface area contributed by atoms with Gasteiger partial charge in [-0.15, -0.1) is 0 Å². The van der Waals surface area contributed by atoms with Gasteiger partial charge in [0, 0.05) is 71.7 Å². The van der Waals surface area contributed by atoms with Gasteiger partial charge in [0.15, 0.2) is 0 Å². The highest BCUT2D eigenvalue weighted by Gasteiger charge is 2.10. The van der Waals surface area contributed by atoms with Crippen molar-refractivity contribution in [1.29, 1.82) is 0 Å². The number of rotatable bonds is 18. The van der Waals surface area contributed by atoms with Crippen LogP contribution in [0.2, 0.25) is 0 Å². The Morgan fingerprint density at radius 1 is 0.345 bits per heavy atom. The fourth-order valence-electron chi connectivity index (χ4n) is 6.65. The number of phenolic OH excluding ortho intramolecular Hbond substituents is 3. The molecular weight excluding hydrogens is 681 g/mol. The predicted molar refractivity (Wildman–Crippen MR) is 228 cm³/mol. The molecule has 0 saturated carbocycles. The van der Waals surface area contributed by atoms with E-state index in [1.165, 1.54) is 0 Å². The summed E-state index contributed by atoms with van der Waals surface area (Å²) < 4.78 is 0. The van der Waals surface area contributed by atoms with Gasteiger partial charge in [-0.3, -0.25) is 15.0 Å². The van der Waals surface area contributed by atoms with Gasteiger partial charge in [0.25, 0.3) is 0 Å². The van der Waals surface area contributed by atoms with Gasteiger partial charge in [-0.25, -0.2) is 0 Å². The zero-order valence-electron chi connectivity index (χ0n) is 31.1. The molecule has 0 heterocycles. The van der Waals surface area contributed by atoms with Crippen molar-refractivity contribution in [2.24, 2.45) is 15.0 Å². The van der Waals surface area contributed by atoms with Crippen LogP contribution in [-0.4, -0.2) is 78.1 Å². The van der Waals surface area contributed by atoms with Crippen LogP contribution >= 0.6 is 0 Å². The van der Waals surface area contributed by atoms with E-state index in [4.69, 9.17) is 15.0 Å². The van der Waals surface area contributed by atoms with Gasteiger partial charge in [0.1, 0.15) is 17.2 Å². The maximum atomic E-state index is 10.4. The van der Waals surface area contributed by atoms with Gasteiger partial charge in [-0.05, 0) is 73.8 Å². The van der Waals surface area contributed by atoms with Crippen LogP contribution in [0.5, 0.6) is 17.2 Å². The summed E-state index contributed by atoms with van der Waals surface area (Å²) >= 11 is 0. The molecule has 0 spiro atoms. The SMILES string of the molecule is Oc1ccccc1-c1ccccc1C=NCCCN(CCCN=Cc1ccccc1-c1ccccc1O)CCCN=Cc1ccccc1-c1ccccc1O. The normalized spacial score (nSPS) is 11.7. The van der Waals surface area contributed by atoms with Crippen LogP contribution in [0.25, 0.3) is 33.4 Å². The van der Waals surface area contributed by atoms with E-state index in [2.05, 4.69) is 4.90 Å². The molecule has 278 valence electrons. The number of aromatic hydroxyl groups is 3. The highest BCUT2D eigenvalue weighted by atomic mass is 16.3. The van der Waals surface area contributed by atoms with Crippen LogP contribution < -0.4 is 0 Å². The molecule has 6 aromatic rings. The van der Waals surface area contributed by atoms with E-state index in [0.717, 1.165) is 89.0 Å². The summed E-state index contributed by atoms with van der Waals surface area (Å²) in [4.78, 5) is 16.8. The second-order valence-electron chi connectivity index (χ2n) is 13.3. The van der Waals surface area contributed by atoms with Crippen LogP contribution in [-0.2, 0) is 0 Å². The molecule has 3 N–H and O–H groups in total. The van der Waals surface area contributed by atoms with Crippen molar-refractivity contribution in [1.82, 2.24) is 4.90 Å². The van der Waals surface area contributed by atoms with Gasteiger partial charge in [-0.2, -0.15) is 0 Å². The Bertz CT molecular complexity index is 1980. The van der Waals surface area contributed by atoms with E-state index < -0.39 is 0 Å². The molecule has 6 rings (SSSR count). The number of hydrogen-bond donors (Lipinski definition) is 3. The largest absolute Gasteiger partial charge is 0.507 e. The predicted octanol–water partition coefficient (Wildman–Crippen LogP) is 9.93. The molecule has 0 aliphatic rings. The lowest BCUT2D eigenvalue weighted by Gasteiger charge is -2.21. The molecule has 0 aromatic heterocycles. The molecule has 0 fully saturated rings. The lowest BCUT2D eigenvalue weighted by atomic mass is 9.99. The number of para-hydroxylation sites is 3. The van der Waals surface area contributed by atoms with E-state index in [0.29, 0.717) is 19.6 Å². The lowest BCUT2D eigenvalue weighted by Crippen LogP contribution is -2.28. The second-order valence-corrected chi connectivity index (χ2v) is 13.3. The topological polar surface area (TPSA) is 101 Å². The highest BCUT2D eigenvalue weighted by molar-refractivity contribution is 5.93. The zero-order valence-corrected chi connectivity index (χ0v) is 31.1. The molecule has 7 heteroatoms. The first-order chi connectivity index (χ1) is 27.1. The number of benzene rings is 6. The van der Waals surface area contributed by atoms with Crippen molar-refractivity contribution >= 4 is 18.6 Å². The summed E-state index contributed by atoms with van der Waals surface area (Å²) in [6.45, 7) is 4.77. The van der Waals surface area contributed by atoms with Crippen molar-refractivity contribution in [3.05, 3.63) is 162 Å². The van der Waals surface area contributed by atoms with Crippen LogP contribution in [0.1, 0.15) is 36.0 Å². The number of nitrogens with zero attached hydrogens (tertiary/aromatic N) is 4. The fraction of sp³-hybridized carbons (Fsp3) is 0.188. The van der Waals surface area contributed by atoms with Gasteiger partial charge >= 0.3 is 0 Å². The number of hydrogen-bond acceptors (Lipinski definition) is 7. The number of aliphatic imine (C=N–C) groups is 3. The Balaban J connectivity index is 1.06. The number of phenols is 3. The van der Waals surface area contributed by atoms with E-state index in [1.54, 1.807) is 18.2 Å². The van der Waals surface area contributed by atoms with Crippen molar-refractivity contribution in [3.63, 3.8) is 0 Å². The molecule has 0 atom stereocenters. The zero-order chi connectivity index (χ0) is 38.1. The first kappa shape index (κ1) is 38.4. The minimum atomic E-state index is 0.257. The Morgan fingerprint density at radius 3 is 0.891 bits per heavy atom. The minimum absolute atomic E-state index is 0.257. The molecule has 0 radical (unpaired) electrons. The summed E-state index contributed by atoms with van der Waals surface area (Å²) in [6.07, 6.45) is 8.46. The van der Waals surface area contributed by atoms with Crippen LogP contribution in [0.15, 0.2) is 161 Å². The quantitative estimate of drug-likeness (QED) is 0.0606. The lowest BCUT2D eigenvalue weighted by molar-refractivity contribution is 0.269. The maximum Gasteiger partial charge on any atom is 0.123 e. The molecule has 0 aliphatic carbocycles. The monoisotopic (exact) mass is 728 g/mol. The average molecular weight is 729 g/mol. The van der Waals surface area contributed by atoms with E-state index in [-0.39, 0.29) is 17.2 Å². The molecular formula is C48H48N4O3. The Morgan fingerprint density at radius 2 is 0.600 bits per heavy atom. The summed E-state index contributed by atoms with van der Waals surface area (Å²) in [5.41, 5.74) is 8.19. The van der Waals surface area contributed by atoms with Crippen molar-refractivity contribution < 1.29 is 15.3 Å². The Kier molecular flexibility index (Phi) is 14.1. The third-order valence-corrected chi connectivity index (χ3v) is 9.44. The second kappa shape index (κ2) is 20.2. The third-order valence-electron chi connectivity index (χ3n) is 9.44. The molecule has 0 amide bonds. The molecule has 0 bridgehead atoms. The summed E-state index contributed by atoms with van der Waals surface area (Å²) in [5.74, 6) is 0.770. The Hall–Kier alpha value is -6.31. The van der Waals surface area contributed by atoms with Gasteiger partial charge < -0.3 is 20.2 Å². The van der Waals surface area contributed by atoms with E-state index in [9.17, 15) is 15.3 Å². The van der Waals surface area contributed by atoms with Crippen molar-refractivity contribution in [3.8, 4) is 50.6 Å². The first-order valence-corrected chi connectivity index (χ1v) is 18.9. The minimum Gasteiger partial charge on any atom is -0.507 e. The smallest absolute Gasteiger partial charge is 0.123 e. The maximum absolute atomic E-state index is 10.4. The molecule has 7 nitrogen and oxygen atoms in total. The van der Waals surface area contributed by atoms with Gasteiger partial charge in [-0.1, -0.05) is 127 Å². The molecule has 0 unspecified atom stereocenters. The molecule has 55 heavy (non-hydrogen) atoms. The van der Waals surface area contributed by atoms with Crippen molar-refractivity contribution in [2.45, 2.75) is 19.3 Å².